The Morgan fingerprint density at radius 2 is 1.48 bits per heavy atom. The van der Waals surface area contributed by atoms with Crippen LogP contribution in [0.15, 0.2) is 96.1 Å². The molecule has 0 saturated carbocycles. The predicted octanol–water partition coefficient (Wildman–Crippen LogP) is 5.35. The van der Waals surface area contributed by atoms with Crippen molar-refractivity contribution < 1.29 is 14.7 Å². The van der Waals surface area contributed by atoms with Gasteiger partial charge in [-0.1, -0.05) is 72.8 Å². The van der Waals surface area contributed by atoms with Crippen LogP contribution in [0, 0.1) is 0 Å². The number of phenols is 1. The number of anilines is 1. The maximum atomic E-state index is 12.6. The fraction of sp³-hybridized carbons (Fsp3) is 0.0741. The molecular weight excluding hydrogens is 414 g/mol. The fourth-order valence-electron chi connectivity index (χ4n) is 3.54. The zero-order valence-electron chi connectivity index (χ0n) is 18.1. The number of carbonyl (C=O) groups is 2. The Labute approximate surface area is 191 Å². The molecule has 0 radical (unpaired) electrons. The minimum absolute atomic E-state index is 0.00705. The molecule has 3 N–H and O–H groups in total. The van der Waals surface area contributed by atoms with Gasteiger partial charge < -0.3 is 10.4 Å². The summed E-state index contributed by atoms with van der Waals surface area (Å²) in [6.45, 7) is 1.66. The standard InChI is InChI=1S/C27H23N3O3/c1-18(29-30-27(33)23-16-20-11-5-6-12-21(20)17-25(23)31)15-26(32)28-24-14-8-7-13-22(24)19-9-3-2-4-10-19/h2-14,16-17,31H,15H2,1H3,(H,28,32)(H,30,33). The number of hydrazone groups is 1. The molecule has 164 valence electrons. The van der Waals surface area contributed by atoms with Crippen molar-refractivity contribution in [3.8, 4) is 16.9 Å². The third kappa shape index (κ3) is 5.25. The summed E-state index contributed by atoms with van der Waals surface area (Å²) in [6, 6.07) is 27.9. The second-order valence-electron chi connectivity index (χ2n) is 7.64. The van der Waals surface area contributed by atoms with E-state index in [9.17, 15) is 14.7 Å². The van der Waals surface area contributed by atoms with Crippen LogP contribution in [-0.4, -0.2) is 22.6 Å². The maximum Gasteiger partial charge on any atom is 0.275 e. The second-order valence-corrected chi connectivity index (χ2v) is 7.64. The molecule has 0 saturated heterocycles. The van der Waals surface area contributed by atoms with E-state index < -0.39 is 5.91 Å². The van der Waals surface area contributed by atoms with Crippen molar-refractivity contribution in [2.75, 3.05) is 5.32 Å². The van der Waals surface area contributed by atoms with Gasteiger partial charge in [0.25, 0.3) is 5.91 Å². The maximum absolute atomic E-state index is 12.6. The van der Waals surface area contributed by atoms with Gasteiger partial charge >= 0.3 is 0 Å². The third-order valence-corrected chi connectivity index (χ3v) is 5.16. The smallest absolute Gasteiger partial charge is 0.275 e. The van der Waals surface area contributed by atoms with Crippen LogP contribution in [0.3, 0.4) is 0 Å². The van der Waals surface area contributed by atoms with Gasteiger partial charge in [0.1, 0.15) is 5.75 Å². The van der Waals surface area contributed by atoms with Crippen LogP contribution in [0.5, 0.6) is 5.75 Å². The van der Waals surface area contributed by atoms with E-state index in [2.05, 4.69) is 15.8 Å². The lowest BCUT2D eigenvalue weighted by atomic mass is 10.0. The number of hydrogen-bond donors (Lipinski definition) is 3. The van der Waals surface area contributed by atoms with E-state index >= 15 is 0 Å². The summed E-state index contributed by atoms with van der Waals surface area (Å²) in [4.78, 5) is 25.1. The number of phenolic OH excluding ortho intramolecular Hbond substituents is 1. The lowest BCUT2D eigenvalue weighted by Crippen LogP contribution is -2.21. The predicted molar refractivity (Wildman–Crippen MR) is 131 cm³/mol. The lowest BCUT2D eigenvalue weighted by molar-refractivity contribution is -0.115. The summed E-state index contributed by atoms with van der Waals surface area (Å²) in [5.41, 5.74) is 5.59. The summed E-state index contributed by atoms with van der Waals surface area (Å²) < 4.78 is 0. The number of aromatic hydroxyl groups is 1. The van der Waals surface area contributed by atoms with E-state index in [-0.39, 0.29) is 23.6 Å². The zero-order valence-corrected chi connectivity index (χ0v) is 18.1. The minimum atomic E-state index is -0.549. The number of amides is 2. The number of fused-ring (bicyclic) bond motifs is 1. The quantitative estimate of drug-likeness (QED) is 0.281. The lowest BCUT2D eigenvalue weighted by Gasteiger charge is -2.11. The molecule has 0 aliphatic rings. The number of para-hydroxylation sites is 1. The van der Waals surface area contributed by atoms with Gasteiger partial charge in [0.2, 0.25) is 5.91 Å². The van der Waals surface area contributed by atoms with E-state index in [1.807, 2.05) is 78.9 Å². The summed E-state index contributed by atoms with van der Waals surface area (Å²) in [5, 5.41) is 18.8. The van der Waals surface area contributed by atoms with Crippen LogP contribution >= 0.6 is 0 Å². The Kier molecular flexibility index (Phi) is 6.45. The monoisotopic (exact) mass is 437 g/mol. The molecule has 0 aromatic heterocycles. The van der Waals surface area contributed by atoms with E-state index in [1.54, 1.807) is 19.1 Å². The number of rotatable bonds is 6. The Bertz CT molecular complexity index is 1350. The molecule has 0 spiro atoms. The van der Waals surface area contributed by atoms with Gasteiger partial charge in [0.15, 0.2) is 0 Å². The molecule has 33 heavy (non-hydrogen) atoms. The Balaban J connectivity index is 1.41. The van der Waals surface area contributed by atoms with Gasteiger partial charge in [0, 0.05) is 17.0 Å². The highest BCUT2D eigenvalue weighted by Gasteiger charge is 2.13. The van der Waals surface area contributed by atoms with Crippen molar-refractivity contribution in [2.45, 2.75) is 13.3 Å². The average molecular weight is 437 g/mol. The van der Waals surface area contributed by atoms with Gasteiger partial charge in [-0.15, -0.1) is 0 Å². The number of hydrogen-bond acceptors (Lipinski definition) is 4. The normalized spacial score (nSPS) is 11.2. The van der Waals surface area contributed by atoms with Gasteiger partial charge in [0.05, 0.1) is 12.0 Å². The molecule has 0 aliphatic heterocycles. The highest BCUT2D eigenvalue weighted by atomic mass is 16.3. The van der Waals surface area contributed by atoms with E-state index in [0.29, 0.717) is 11.4 Å². The van der Waals surface area contributed by atoms with Crippen molar-refractivity contribution in [3.05, 3.63) is 96.6 Å². The summed E-state index contributed by atoms with van der Waals surface area (Å²) in [5.74, 6) is -0.927. The largest absolute Gasteiger partial charge is 0.507 e. The van der Waals surface area contributed by atoms with Crippen molar-refractivity contribution in [1.82, 2.24) is 5.43 Å². The molecular formula is C27H23N3O3. The van der Waals surface area contributed by atoms with Crippen molar-refractivity contribution in [2.24, 2.45) is 5.10 Å². The van der Waals surface area contributed by atoms with Crippen molar-refractivity contribution in [1.29, 1.82) is 0 Å². The number of benzene rings is 4. The van der Waals surface area contributed by atoms with E-state index in [0.717, 1.165) is 21.9 Å². The molecule has 4 aromatic rings. The molecule has 2 amide bonds. The second kappa shape index (κ2) is 9.78. The first-order valence-electron chi connectivity index (χ1n) is 10.5. The van der Waals surface area contributed by atoms with Crippen molar-refractivity contribution in [3.63, 3.8) is 0 Å². The highest BCUT2D eigenvalue weighted by molar-refractivity contribution is 6.07. The molecule has 6 nitrogen and oxygen atoms in total. The van der Waals surface area contributed by atoms with Crippen LogP contribution in [0.4, 0.5) is 5.69 Å². The molecule has 0 heterocycles. The Hall–Kier alpha value is -4.45. The first-order valence-corrected chi connectivity index (χ1v) is 10.5. The molecule has 4 rings (SSSR count). The third-order valence-electron chi connectivity index (χ3n) is 5.16. The first-order chi connectivity index (χ1) is 16.0. The zero-order chi connectivity index (χ0) is 23.2. The molecule has 0 unspecified atom stereocenters. The summed E-state index contributed by atoms with van der Waals surface area (Å²) in [6.07, 6.45) is 0.00705. The highest BCUT2D eigenvalue weighted by Crippen LogP contribution is 2.28. The molecule has 0 fully saturated rings. The molecule has 6 heteroatoms. The molecule has 0 atom stereocenters. The van der Waals surface area contributed by atoms with Crippen LogP contribution in [0.1, 0.15) is 23.7 Å². The van der Waals surface area contributed by atoms with Crippen LogP contribution in [0.2, 0.25) is 0 Å². The van der Waals surface area contributed by atoms with Crippen LogP contribution < -0.4 is 10.7 Å². The fourth-order valence-corrected chi connectivity index (χ4v) is 3.54. The van der Waals surface area contributed by atoms with Crippen LogP contribution in [-0.2, 0) is 4.79 Å². The Morgan fingerprint density at radius 1 is 0.848 bits per heavy atom. The molecule has 0 aliphatic carbocycles. The SMILES string of the molecule is CC(CC(=O)Nc1ccccc1-c1ccccc1)=NNC(=O)c1cc2ccccc2cc1O. The van der Waals surface area contributed by atoms with Gasteiger partial charge in [-0.2, -0.15) is 5.10 Å². The van der Waals surface area contributed by atoms with E-state index in [1.165, 1.54) is 0 Å². The van der Waals surface area contributed by atoms with Crippen molar-refractivity contribution >= 4 is 34.0 Å². The van der Waals surface area contributed by atoms with E-state index in [4.69, 9.17) is 0 Å². The minimum Gasteiger partial charge on any atom is -0.507 e. The van der Waals surface area contributed by atoms with Crippen LogP contribution in [0.25, 0.3) is 21.9 Å². The first kappa shape index (κ1) is 21.8. The number of carbonyl (C=O) groups excluding carboxylic acids is 2. The molecule has 0 bridgehead atoms. The van der Waals surface area contributed by atoms with Gasteiger partial charge in [-0.25, -0.2) is 5.43 Å². The summed E-state index contributed by atoms with van der Waals surface area (Å²) in [7, 11) is 0. The Morgan fingerprint density at radius 3 is 2.24 bits per heavy atom. The van der Waals surface area contributed by atoms with Gasteiger partial charge in [-0.3, -0.25) is 9.59 Å². The average Bonchev–Trinajstić information content (AvgIpc) is 2.83. The summed E-state index contributed by atoms with van der Waals surface area (Å²) >= 11 is 0. The number of nitrogens with zero attached hydrogens (tertiary/aromatic N) is 1. The number of nitrogens with one attached hydrogen (secondary N) is 2. The topological polar surface area (TPSA) is 90.8 Å². The van der Waals surface area contributed by atoms with Gasteiger partial charge in [-0.05, 0) is 41.5 Å². The molecule has 4 aromatic carbocycles.